The molecule has 24 heavy (non-hydrogen) atoms. The lowest BCUT2D eigenvalue weighted by atomic mass is 9.79. The second-order valence-corrected chi connectivity index (χ2v) is 8.09. The molecule has 1 saturated carbocycles. The van der Waals surface area contributed by atoms with Crippen LogP contribution in [-0.2, 0) is 19.1 Å². The first-order chi connectivity index (χ1) is 11.3. The molecule has 0 radical (unpaired) electrons. The molecule has 2 fully saturated rings. The number of hydrogen-bond donors (Lipinski definition) is 0. The maximum atomic E-state index is 11.8. The summed E-state index contributed by atoms with van der Waals surface area (Å²) in [6.07, 6.45) is 9.30. The average molecular weight is 336 g/mol. The van der Waals surface area contributed by atoms with Gasteiger partial charge in [-0.05, 0) is 31.3 Å². The van der Waals surface area contributed by atoms with Crippen LogP contribution in [0.1, 0.15) is 66.7 Å². The summed E-state index contributed by atoms with van der Waals surface area (Å²) in [4.78, 5) is 23.3. The first-order valence-electron chi connectivity index (χ1n) is 9.32. The van der Waals surface area contributed by atoms with Gasteiger partial charge in [0.2, 0.25) is 0 Å². The fraction of sp³-hybridized carbons (Fsp3) is 0.800. The van der Waals surface area contributed by atoms with Gasteiger partial charge in [0.25, 0.3) is 0 Å². The third-order valence-corrected chi connectivity index (χ3v) is 5.70. The van der Waals surface area contributed by atoms with Gasteiger partial charge in [0.15, 0.2) is 0 Å². The molecule has 1 aliphatic carbocycles. The Morgan fingerprint density at radius 1 is 1.42 bits per heavy atom. The molecule has 1 unspecified atom stereocenters. The topological polar surface area (TPSA) is 52.6 Å². The van der Waals surface area contributed by atoms with Crippen molar-refractivity contribution in [3.05, 3.63) is 12.2 Å². The van der Waals surface area contributed by atoms with Gasteiger partial charge in [-0.15, -0.1) is 0 Å². The highest BCUT2D eigenvalue weighted by atomic mass is 16.6. The maximum Gasteiger partial charge on any atom is 0.309 e. The Morgan fingerprint density at radius 3 is 2.75 bits per heavy atom. The van der Waals surface area contributed by atoms with Gasteiger partial charge >= 0.3 is 11.9 Å². The van der Waals surface area contributed by atoms with Gasteiger partial charge in [-0.3, -0.25) is 9.59 Å². The molecule has 0 N–H and O–H groups in total. The van der Waals surface area contributed by atoms with Crippen LogP contribution in [0.2, 0.25) is 0 Å². The molecule has 1 saturated heterocycles. The first kappa shape index (κ1) is 19.0. The Hall–Kier alpha value is -1.32. The van der Waals surface area contributed by atoms with E-state index < -0.39 is 0 Å². The summed E-state index contributed by atoms with van der Waals surface area (Å²) >= 11 is 0. The zero-order valence-electron chi connectivity index (χ0n) is 15.7. The maximum absolute atomic E-state index is 11.8. The van der Waals surface area contributed by atoms with E-state index in [4.69, 9.17) is 9.47 Å². The predicted octanol–water partition coefficient (Wildman–Crippen LogP) is 4.28. The van der Waals surface area contributed by atoms with Gasteiger partial charge in [0.1, 0.15) is 12.2 Å². The van der Waals surface area contributed by atoms with Crippen LogP contribution in [0.25, 0.3) is 0 Å². The molecule has 0 aromatic carbocycles. The lowest BCUT2D eigenvalue weighted by Gasteiger charge is -2.32. The molecule has 0 amide bonds. The minimum absolute atomic E-state index is 0.0348. The Morgan fingerprint density at radius 2 is 2.12 bits per heavy atom. The Labute approximate surface area is 146 Å². The highest BCUT2D eigenvalue weighted by molar-refractivity contribution is 5.75. The van der Waals surface area contributed by atoms with Crippen molar-refractivity contribution in [2.45, 2.75) is 78.9 Å². The summed E-state index contributed by atoms with van der Waals surface area (Å²) in [5.41, 5.74) is -0.0935. The van der Waals surface area contributed by atoms with Gasteiger partial charge in [-0.25, -0.2) is 0 Å². The summed E-state index contributed by atoms with van der Waals surface area (Å²) in [5, 5.41) is 0. The number of unbranched alkanes of at least 4 members (excludes halogenated alkanes) is 1. The number of fused-ring (bicyclic) bond motifs is 1. The number of ether oxygens (including phenoxy) is 2. The van der Waals surface area contributed by atoms with Crippen molar-refractivity contribution >= 4 is 11.9 Å². The van der Waals surface area contributed by atoms with Gasteiger partial charge in [0.05, 0.1) is 5.92 Å². The van der Waals surface area contributed by atoms with E-state index in [1.54, 1.807) is 0 Å². The molecule has 1 heterocycles. The van der Waals surface area contributed by atoms with E-state index in [-0.39, 0.29) is 41.4 Å². The van der Waals surface area contributed by atoms with E-state index in [1.165, 1.54) is 6.92 Å². The normalized spacial score (nSPS) is 31.1. The van der Waals surface area contributed by atoms with Crippen molar-refractivity contribution in [1.29, 1.82) is 0 Å². The third-order valence-electron chi connectivity index (χ3n) is 5.70. The first-order valence-corrected chi connectivity index (χ1v) is 9.32. The second-order valence-electron chi connectivity index (χ2n) is 8.09. The monoisotopic (exact) mass is 336 g/mol. The van der Waals surface area contributed by atoms with E-state index in [9.17, 15) is 9.59 Å². The van der Waals surface area contributed by atoms with Crippen LogP contribution < -0.4 is 0 Å². The number of rotatable bonds is 7. The van der Waals surface area contributed by atoms with Crippen molar-refractivity contribution < 1.29 is 19.1 Å². The van der Waals surface area contributed by atoms with E-state index in [0.29, 0.717) is 5.92 Å². The van der Waals surface area contributed by atoms with Crippen molar-refractivity contribution in [3.8, 4) is 0 Å². The van der Waals surface area contributed by atoms with Crippen LogP contribution in [0.3, 0.4) is 0 Å². The molecule has 0 aromatic heterocycles. The highest BCUT2D eigenvalue weighted by Crippen LogP contribution is 2.45. The zero-order chi connectivity index (χ0) is 17.9. The molecule has 136 valence electrons. The van der Waals surface area contributed by atoms with Crippen LogP contribution in [-0.4, -0.2) is 24.1 Å². The average Bonchev–Trinajstić information content (AvgIpc) is 3.02. The molecule has 1 aliphatic heterocycles. The molecular formula is C20H32O4. The van der Waals surface area contributed by atoms with Crippen molar-refractivity contribution in [2.24, 2.45) is 23.2 Å². The van der Waals surface area contributed by atoms with Crippen molar-refractivity contribution in [1.82, 2.24) is 0 Å². The van der Waals surface area contributed by atoms with Crippen LogP contribution >= 0.6 is 0 Å². The zero-order valence-corrected chi connectivity index (χ0v) is 15.7. The van der Waals surface area contributed by atoms with Crippen molar-refractivity contribution in [3.63, 3.8) is 0 Å². The largest absolute Gasteiger partial charge is 0.462 e. The number of esters is 2. The third kappa shape index (κ3) is 4.20. The lowest BCUT2D eigenvalue weighted by Crippen LogP contribution is -2.32. The molecule has 2 aliphatic rings. The van der Waals surface area contributed by atoms with E-state index in [1.807, 2.05) is 6.92 Å². The minimum Gasteiger partial charge on any atom is -0.462 e. The Bertz CT molecular complexity index is 494. The molecular weight excluding hydrogens is 304 g/mol. The highest BCUT2D eigenvalue weighted by Gasteiger charge is 2.49. The minimum atomic E-state index is -0.244. The van der Waals surface area contributed by atoms with E-state index >= 15 is 0 Å². The fourth-order valence-electron chi connectivity index (χ4n) is 4.14. The van der Waals surface area contributed by atoms with Crippen LogP contribution in [0.5, 0.6) is 0 Å². The van der Waals surface area contributed by atoms with Gasteiger partial charge in [-0.2, -0.15) is 0 Å². The standard InChI is InChI=1S/C20H32O4/c1-6-7-12-20(4,5)17(23-14(3)21)11-9-15-8-10-16-18(15)13(2)19(22)24-16/h9,11,13,15-18H,6-8,10,12H2,1-5H3/t13-,15-,16+,17?,18-/m1/s1. The van der Waals surface area contributed by atoms with Crippen LogP contribution in [0, 0.1) is 23.2 Å². The summed E-state index contributed by atoms with van der Waals surface area (Å²) in [6, 6.07) is 0. The summed E-state index contributed by atoms with van der Waals surface area (Å²) in [5.74, 6) is 0.253. The Balaban J connectivity index is 2.09. The fourth-order valence-corrected chi connectivity index (χ4v) is 4.14. The molecule has 0 spiro atoms. The summed E-state index contributed by atoms with van der Waals surface area (Å²) in [6.45, 7) is 9.91. The molecule has 4 nitrogen and oxygen atoms in total. The number of carbonyl (C=O) groups is 2. The van der Waals surface area contributed by atoms with E-state index in [0.717, 1.165) is 32.1 Å². The van der Waals surface area contributed by atoms with Crippen LogP contribution in [0.4, 0.5) is 0 Å². The summed E-state index contributed by atoms with van der Waals surface area (Å²) in [7, 11) is 0. The number of allylic oxidation sites excluding steroid dienone is 1. The molecule has 2 rings (SSSR count). The quantitative estimate of drug-likeness (QED) is 0.514. The van der Waals surface area contributed by atoms with Gasteiger partial charge < -0.3 is 9.47 Å². The number of carbonyl (C=O) groups excluding carboxylic acids is 2. The Kier molecular flexibility index (Phi) is 6.11. The van der Waals surface area contributed by atoms with Gasteiger partial charge in [0, 0.05) is 18.3 Å². The van der Waals surface area contributed by atoms with E-state index in [2.05, 4.69) is 32.9 Å². The predicted molar refractivity (Wildman–Crippen MR) is 93.3 cm³/mol. The SMILES string of the molecule is CCCCC(C)(C)C(C=C[C@H]1CC[C@@H]2OC(=O)[C@H](C)[C@@H]21)OC(C)=O. The molecule has 0 bridgehead atoms. The molecule has 5 atom stereocenters. The molecule has 4 heteroatoms. The van der Waals surface area contributed by atoms with Gasteiger partial charge in [-0.1, -0.05) is 46.6 Å². The second kappa shape index (κ2) is 7.71. The molecule has 0 aromatic rings. The number of hydrogen-bond acceptors (Lipinski definition) is 4. The van der Waals surface area contributed by atoms with Crippen LogP contribution in [0.15, 0.2) is 12.2 Å². The lowest BCUT2D eigenvalue weighted by molar-refractivity contribution is -0.149. The smallest absolute Gasteiger partial charge is 0.309 e. The summed E-state index contributed by atoms with van der Waals surface area (Å²) < 4.78 is 11.1. The van der Waals surface area contributed by atoms with Crippen molar-refractivity contribution in [2.75, 3.05) is 0 Å².